The molecule has 2 unspecified atom stereocenters. The lowest BCUT2D eigenvalue weighted by Gasteiger charge is -2.02. The van der Waals surface area contributed by atoms with Crippen molar-refractivity contribution in [2.75, 3.05) is 0 Å². The molecule has 0 heterocycles. The van der Waals surface area contributed by atoms with Crippen molar-refractivity contribution in [3.63, 3.8) is 0 Å². The van der Waals surface area contributed by atoms with Crippen molar-refractivity contribution in [1.82, 2.24) is 0 Å². The molecule has 0 N–H and O–H groups in total. The topological polar surface area (TPSA) is 0 Å². The number of hydrogen-bond acceptors (Lipinski definition) is 0. The minimum absolute atomic E-state index is 0.791. The monoisotopic (exact) mass is 206 g/mol. The van der Waals surface area contributed by atoms with Crippen LogP contribution in [0.4, 0.5) is 0 Å². The summed E-state index contributed by atoms with van der Waals surface area (Å²) in [4.78, 5) is 0. The van der Waals surface area contributed by atoms with Crippen molar-refractivity contribution in [3.8, 4) is 0 Å². The van der Waals surface area contributed by atoms with Gasteiger partial charge >= 0.3 is 0 Å². The molecule has 0 aromatic rings. The maximum atomic E-state index is 3.88. The molecule has 0 aliphatic heterocycles. The Kier molecular flexibility index (Phi) is 6.47. The summed E-state index contributed by atoms with van der Waals surface area (Å²) in [6, 6.07) is 0. The molecule has 1 aliphatic rings. The molecule has 0 nitrogen and oxygen atoms in total. The zero-order chi connectivity index (χ0) is 10.9. The summed E-state index contributed by atoms with van der Waals surface area (Å²) in [5.74, 6) is 1.64. The molecule has 0 radical (unpaired) electrons. The van der Waals surface area contributed by atoms with Crippen molar-refractivity contribution in [2.24, 2.45) is 11.8 Å². The van der Waals surface area contributed by atoms with Gasteiger partial charge in [0.05, 0.1) is 0 Å². The van der Waals surface area contributed by atoms with Gasteiger partial charge in [-0.3, -0.25) is 0 Å². The smallest absolute Gasteiger partial charge is 0.0228 e. The molecule has 1 aliphatic carbocycles. The van der Waals surface area contributed by atoms with E-state index in [4.69, 9.17) is 0 Å². The quantitative estimate of drug-likeness (QED) is 0.401. The second-order valence-corrected chi connectivity index (χ2v) is 4.85. The lowest BCUT2D eigenvalue weighted by Crippen LogP contribution is -1.89. The maximum absolute atomic E-state index is 3.88. The van der Waals surface area contributed by atoms with Crippen molar-refractivity contribution in [1.29, 1.82) is 0 Å². The molecule has 15 heavy (non-hydrogen) atoms. The highest BCUT2D eigenvalue weighted by Gasteiger charge is 2.19. The molecule has 0 aromatic heterocycles. The molecule has 1 saturated carbocycles. The third-order valence-electron chi connectivity index (χ3n) is 3.48. The Hall–Kier alpha value is -0.520. The molecule has 1 fully saturated rings. The van der Waals surface area contributed by atoms with Gasteiger partial charge < -0.3 is 0 Å². The van der Waals surface area contributed by atoms with Crippen LogP contribution in [0.2, 0.25) is 0 Å². The van der Waals surface area contributed by atoms with E-state index >= 15 is 0 Å². The molecular formula is C15H26. The summed E-state index contributed by atoms with van der Waals surface area (Å²) in [7, 11) is 0. The molecule has 0 heteroatoms. The molecule has 0 amide bonds. The fourth-order valence-corrected chi connectivity index (χ4v) is 2.42. The van der Waals surface area contributed by atoms with Gasteiger partial charge in [0.2, 0.25) is 0 Å². The highest BCUT2D eigenvalue weighted by atomic mass is 14.2. The van der Waals surface area contributed by atoms with Gasteiger partial charge in [0, 0.05) is 0 Å². The molecular weight excluding hydrogens is 180 g/mol. The second kappa shape index (κ2) is 7.73. The molecule has 0 bridgehead atoms. The number of hydrogen-bond donors (Lipinski definition) is 0. The van der Waals surface area contributed by atoms with Crippen LogP contribution >= 0.6 is 0 Å². The van der Waals surface area contributed by atoms with Gasteiger partial charge in [0.1, 0.15) is 0 Å². The Bertz CT molecular complexity index is 190. The van der Waals surface area contributed by atoms with Crippen LogP contribution in [0.1, 0.15) is 58.3 Å². The van der Waals surface area contributed by atoms with Gasteiger partial charge in [0.15, 0.2) is 0 Å². The summed E-state index contributed by atoms with van der Waals surface area (Å²) in [5.41, 5.74) is 0. The molecule has 0 spiro atoms. The summed E-state index contributed by atoms with van der Waals surface area (Å²) in [5, 5.41) is 0. The van der Waals surface area contributed by atoms with Crippen LogP contribution < -0.4 is 0 Å². The standard InChI is InChI=1S/C15H26/c1-3-5-6-7-8-9-10-15-12-11-14(4-2)13-15/h4,9-10,14-15H,2-3,5-8,11-13H2,1H3/b10-9+. The zero-order valence-corrected chi connectivity index (χ0v) is 10.3. The Labute approximate surface area is 95.5 Å². The summed E-state index contributed by atoms with van der Waals surface area (Å²) in [6.45, 7) is 6.15. The highest BCUT2D eigenvalue weighted by molar-refractivity contribution is 4.96. The van der Waals surface area contributed by atoms with E-state index < -0.39 is 0 Å². The highest BCUT2D eigenvalue weighted by Crippen LogP contribution is 2.32. The summed E-state index contributed by atoms with van der Waals surface area (Å²) in [6.07, 6.45) is 17.9. The van der Waals surface area contributed by atoms with Crippen LogP contribution in [0.3, 0.4) is 0 Å². The first kappa shape index (κ1) is 12.5. The van der Waals surface area contributed by atoms with Crippen molar-refractivity contribution >= 4 is 0 Å². The zero-order valence-electron chi connectivity index (χ0n) is 10.3. The molecule has 0 aromatic carbocycles. The van der Waals surface area contributed by atoms with E-state index in [0.717, 1.165) is 11.8 Å². The van der Waals surface area contributed by atoms with E-state index in [1.807, 2.05) is 0 Å². The lowest BCUT2D eigenvalue weighted by molar-refractivity contribution is 0.634. The minimum Gasteiger partial charge on any atom is -0.103 e. The average molecular weight is 206 g/mol. The molecule has 86 valence electrons. The predicted molar refractivity (Wildman–Crippen MR) is 68.9 cm³/mol. The van der Waals surface area contributed by atoms with E-state index in [0.29, 0.717) is 0 Å². The van der Waals surface area contributed by atoms with Crippen LogP contribution in [0.15, 0.2) is 24.8 Å². The van der Waals surface area contributed by atoms with Gasteiger partial charge in [-0.05, 0) is 43.9 Å². The first-order valence-corrected chi connectivity index (χ1v) is 6.66. The molecule has 1 rings (SSSR count). The largest absolute Gasteiger partial charge is 0.103 e. The summed E-state index contributed by atoms with van der Waals surface area (Å²) >= 11 is 0. The van der Waals surface area contributed by atoms with Gasteiger partial charge in [-0.2, -0.15) is 0 Å². The summed E-state index contributed by atoms with van der Waals surface area (Å²) < 4.78 is 0. The SMILES string of the molecule is C=CC1CCC(/C=C/CCCCCC)C1. The second-order valence-electron chi connectivity index (χ2n) is 4.85. The Morgan fingerprint density at radius 2 is 1.93 bits per heavy atom. The lowest BCUT2D eigenvalue weighted by atomic mass is 10.0. The van der Waals surface area contributed by atoms with Gasteiger partial charge in [-0.15, -0.1) is 6.58 Å². The van der Waals surface area contributed by atoms with Crippen LogP contribution in [-0.2, 0) is 0 Å². The third kappa shape index (κ3) is 5.20. The van der Waals surface area contributed by atoms with E-state index in [1.165, 1.54) is 51.4 Å². The van der Waals surface area contributed by atoms with Gasteiger partial charge in [-0.1, -0.05) is 44.4 Å². The predicted octanol–water partition coefficient (Wildman–Crippen LogP) is 5.12. The van der Waals surface area contributed by atoms with E-state index in [2.05, 4.69) is 31.7 Å². The fourth-order valence-electron chi connectivity index (χ4n) is 2.42. The van der Waals surface area contributed by atoms with Crippen LogP contribution in [0.25, 0.3) is 0 Å². The van der Waals surface area contributed by atoms with Crippen LogP contribution in [0.5, 0.6) is 0 Å². The first-order valence-electron chi connectivity index (χ1n) is 6.66. The van der Waals surface area contributed by atoms with E-state index in [9.17, 15) is 0 Å². The van der Waals surface area contributed by atoms with Crippen molar-refractivity contribution in [2.45, 2.75) is 58.3 Å². The number of unbranched alkanes of at least 4 members (excludes halogenated alkanes) is 4. The Morgan fingerprint density at radius 1 is 1.13 bits per heavy atom. The Morgan fingerprint density at radius 3 is 2.60 bits per heavy atom. The van der Waals surface area contributed by atoms with Gasteiger partial charge in [0.25, 0.3) is 0 Å². The normalized spacial score (nSPS) is 26.2. The van der Waals surface area contributed by atoms with E-state index in [-0.39, 0.29) is 0 Å². The van der Waals surface area contributed by atoms with Crippen molar-refractivity contribution < 1.29 is 0 Å². The van der Waals surface area contributed by atoms with Gasteiger partial charge in [-0.25, -0.2) is 0 Å². The molecule has 0 saturated heterocycles. The van der Waals surface area contributed by atoms with Crippen molar-refractivity contribution in [3.05, 3.63) is 24.8 Å². The fraction of sp³-hybridized carbons (Fsp3) is 0.733. The van der Waals surface area contributed by atoms with E-state index in [1.54, 1.807) is 0 Å². The van der Waals surface area contributed by atoms with Crippen LogP contribution in [0, 0.1) is 11.8 Å². The Balaban J connectivity index is 2.03. The minimum atomic E-state index is 0.791. The van der Waals surface area contributed by atoms with Crippen LogP contribution in [-0.4, -0.2) is 0 Å². The number of rotatable bonds is 7. The molecule has 2 atom stereocenters. The maximum Gasteiger partial charge on any atom is -0.0228 e. The first-order chi connectivity index (χ1) is 7.36. The average Bonchev–Trinajstić information content (AvgIpc) is 2.71. The third-order valence-corrected chi connectivity index (χ3v) is 3.48. The number of allylic oxidation sites excluding steroid dienone is 3.